The molecule has 0 aliphatic carbocycles. The molecule has 4 nitrogen and oxygen atoms in total. The Labute approximate surface area is 115 Å². The van der Waals surface area contributed by atoms with Gasteiger partial charge < -0.3 is 11.1 Å². The average Bonchev–Trinajstić information content (AvgIpc) is 2.46. The quantitative estimate of drug-likeness (QED) is 0.673. The van der Waals surface area contributed by atoms with E-state index in [4.69, 9.17) is 5.73 Å². The molecule has 0 aromatic carbocycles. The molecule has 106 valence electrons. The zero-order valence-electron chi connectivity index (χ0n) is 11.8. The highest BCUT2D eigenvalue weighted by Gasteiger charge is 2.05. The molecule has 3 N–H and O–H groups in total. The SMILES string of the molecule is CCCCCCCCNC(=O)c1ccc(CN)cn1. The van der Waals surface area contributed by atoms with Crippen LogP contribution in [0.2, 0.25) is 0 Å². The van der Waals surface area contributed by atoms with E-state index in [2.05, 4.69) is 17.2 Å². The number of aromatic nitrogens is 1. The van der Waals surface area contributed by atoms with Gasteiger partial charge in [0.1, 0.15) is 5.69 Å². The van der Waals surface area contributed by atoms with Crippen molar-refractivity contribution in [1.82, 2.24) is 10.3 Å². The number of nitrogens with one attached hydrogen (secondary N) is 1. The number of nitrogens with zero attached hydrogens (tertiary/aromatic N) is 1. The highest BCUT2D eigenvalue weighted by molar-refractivity contribution is 5.92. The number of rotatable bonds is 9. The summed E-state index contributed by atoms with van der Waals surface area (Å²) in [6.07, 6.45) is 9.00. The van der Waals surface area contributed by atoms with Gasteiger partial charge in [-0.25, -0.2) is 0 Å². The maximum Gasteiger partial charge on any atom is 0.269 e. The molecule has 4 heteroatoms. The molecule has 1 rings (SSSR count). The van der Waals surface area contributed by atoms with Crippen molar-refractivity contribution in [2.24, 2.45) is 5.73 Å². The Hall–Kier alpha value is -1.42. The van der Waals surface area contributed by atoms with Gasteiger partial charge in [-0.3, -0.25) is 9.78 Å². The number of nitrogens with two attached hydrogens (primary N) is 1. The summed E-state index contributed by atoms with van der Waals surface area (Å²) in [6.45, 7) is 3.39. The molecule has 1 aromatic rings. The third kappa shape index (κ3) is 6.34. The molecule has 0 aliphatic rings. The number of hydrogen-bond acceptors (Lipinski definition) is 3. The van der Waals surface area contributed by atoms with Gasteiger partial charge in [0.05, 0.1) is 0 Å². The number of pyridine rings is 1. The molecular weight excluding hydrogens is 238 g/mol. The Kier molecular flexibility index (Phi) is 7.82. The smallest absolute Gasteiger partial charge is 0.269 e. The molecule has 1 aromatic heterocycles. The van der Waals surface area contributed by atoms with Crippen LogP contribution in [0.25, 0.3) is 0 Å². The normalized spacial score (nSPS) is 10.4. The van der Waals surface area contributed by atoms with E-state index in [1.807, 2.05) is 6.07 Å². The van der Waals surface area contributed by atoms with Crippen LogP contribution in [0.15, 0.2) is 18.3 Å². The summed E-state index contributed by atoms with van der Waals surface area (Å²) >= 11 is 0. The van der Waals surface area contributed by atoms with Gasteiger partial charge in [0.15, 0.2) is 0 Å². The van der Waals surface area contributed by atoms with Crippen molar-refractivity contribution in [3.8, 4) is 0 Å². The summed E-state index contributed by atoms with van der Waals surface area (Å²) in [5.74, 6) is -0.0999. The van der Waals surface area contributed by atoms with Crippen molar-refractivity contribution >= 4 is 5.91 Å². The van der Waals surface area contributed by atoms with Gasteiger partial charge in [-0.15, -0.1) is 0 Å². The Morgan fingerprint density at radius 2 is 1.95 bits per heavy atom. The molecule has 0 unspecified atom stereocenters. The van der Waals surface area contributed by atoms with Crippen LogP contribution in [-0.2, 0) is 6.54 Å². The van der Waals surface area contributed by atoms with Crippen LogP contribution in [0, 0.1) is 0 Å². The summed E-state index contributed by atoms with van der Waals surface area (Å²) in [4.78, 5) is 15.9. The molecule has 0 fully saturated rings. The molecule has 1 heterocycles. The van der Waals surface area contributed by atoms with Crippen molar-refractivity contribution in [2.75, 3.05) is 6.54 Å². The van der Waals surface area contributed by atoms with Gasteiger partial charge >= 0.3 is 0 Å². The van der Waals surface area contributed by atoms with Crippen LogP contribution >= 0.6 is 0 Å². The van der Waals surface area contributed by atoms with Crippen molar-refractivity contribution in [2.45, 2.75) is 52.0 Å². The molecular formula is C15H25N3O. The minimum atomic E-state index is -0.0999. The van der Waals surface area contributed by atoms with Gasteiger partial charge in [0.25, 0.3) is 5.91 Å². The number of carbonyl (C=O) groups is 1. The molecule has 0 aliphatic heterocycles. The fourth-order valence-corrected chi connectivity index (χ4v) is 1.88. The standard InChI is InChI=1S/C15H25N3O/c1-2-3-4-5-6-7-10-17-15(19)14-9-8-13(11-16)12-18-14/h8-9,12H,2-7,10-11,16H2,1H3,(H,17,19). The molecule has 0 bridgehead atoms. The van der Waals surface area contributed by atoms with Crippen LogP contribution in [0.1, 0.15) is 61.5 Å². The maximum atomic E-state index is 11.8. The van der Waals surface area contributed by atoms with Crippen molar-refractivity contribution in [3.63, 3.8) is 0 Å². The third-order valence-corrected chi connectivity index (χ3v) is 3.11. The second kappa shape index (κ2) is 9.50. The summed E-state index contributed by atoms with van der Waals surface area (Å²) < 4.78 is 0. The fraction of sp³-hybridized carbons (Fsp3) is 0.600. The lowest BCUT2D eigenvalue weighted by Crippen LogP contribution is -2.25. The Morgan fingerprint density at radius 1 is 1.21 bits per heavy atom. The minimum Gasteiger partial charge on any atom is -0.351 e. The lowest BCUT2D eigenvalue weighted by Gasteiger charge is -2.05. The zero-order valence-corrected chi connectivity index (χ0v) is 11.8. The van der Waals surface area contributed by atoms with Crippen molar-refractivity contribution in [1.29, 1.82) is 0 Å². The van der Waals surface area contributed by atoms with Crippen molar-refractivity contribution < 1.29 is 4.79 Å². The topological polar surface area (TPSA) is 68.0 Å². The van der Waals surface area contributed by atoms with Crippen LogP contribution in [0.4, 0.5) is 0 Å². The molecule has 0 radical (unpaired) electrons. The number of carbonyl (C=O) groups excluding carboxylic acids is 1. The van der Waals surface area contributed by atoms with Crippen molar-refractivity contribution in [3.05, 3.63) is 29.6 Å². The van der Waals surface area contributed by atoms with E-state index in [1.165, 1.54) is 32.1 Å². The Morgan fingerprint density at radius 3 is 2.58 bits per heavy atom. The first kappa shape index (κ1) is 15.6. The first-order valence-corrected chi connectivity index (χ1v) is 7.21. The van der Waals surface area contributed by atoms with Crippen LogP contribution in [0.5, 0.6) is 0 Å². The first-order chi connectivity index (χ1) is 9.27. The monoisotopic (exact) mass is 263 g/mol. The third-order valence-electron chi connectivity index (χ3n) is 3.11. The van der Waals surface area contributed by atoms with E-state index < -0.39 is 0 Å². The van der Waals surface area contributed by atoms with Gasteiger partial charge in [-0.1, -0.05) is 45.1 Å². The van der Waals surface area contributed by atoms with Gasteiger partial charge in [-0.05, 0) is 18.1 Å². The summed E-state index contributed by atoms with van der Waals surface area (Å²) in [5, 5.41) is 2.89. The molecule has 0 atom stereocenters. The molecule has 0 saturated carbocycles. The lowest BCUT2D eigenvalue weighted by atomic mass is 10.1. The van der Waals surface area contributed by atoms with E-state index >= 15 is 0 Å². The fourth-order valence-electron chi connectivity index (χ4n) is 1.88. The maximum absolute atomic E-state index is 11.8. The second-order valence-corrected chi connectivity index (χ2v) is 4.78. The van der Waals surface area contributed by atoms with Gasteiger partial charge in [-0.2, -0.15) is 0 Å². The first-order valence-electron chi connectivity index (χ1n) is 7.21. The number of hydrogen-bond donors (Lipinski definition) is 2. The second-order valence-electron chi connectivity index (χ2n) is 4.78. The lowest BCUT2D eigenvalue weighted by molar-refractivity contribution is 0.0948. The largest absolute Gasteiger partial charge is 0.351 e. The van der Waals surface area contributed by atoms with Gasteiger partial charge in [0.2, 0.25) is 0 Å². The Balaban J connectivity index is 2.16. The molecule has 0 spiro atoms. The van der Waals surface area contributed by atoms with E-state index in [9.17, 15) is 4.79 Å². The van der Waals surface area contributed by atoms with E-state index in [0.717, 1.165) is 18.5 Å². The van der Waals surface area contributed by atoms with Crippen LogP contribution < -0.4 is 11.1 Å². The average molecular weight is 263 g/mol. The zero-order chi connectivity index (χ0) is 13.9. The van der Waals surface area contributed by atoms with E-state index in [-0.39, 0.29) is 5.91 Å². The van der Waals surface area contributed by atoms with Crippen LogP contribution in [-0.4, -0.2) is 17.4 Å². The highest BCUT2D eigenvalue weighted by atomic mass is 16.1. The number of amides is 1. The number of unbranched alkanes of at least 4 members (excludes halogenated alkanes) is 5. The predicted molar refractivity (Wildman–Crippen MR) is 77.8 cm³/mol. The minimum absolute atomic E-state index is 0.0999. The summed E-state index contributed by atoms with van der Waals surface area (Å²) in [7, 11) is 0. The van der Waals surface area contributed by atoms with E-state index in [1.54, 1.807) is 12.3 Å². The van der Waals surface area contributed by atoms with E-state index in [0.29, 0.717) is 12.2 Å². The summed E-state index contributed by atoms with van der Waals surface area (Å²) in [6, 6.07) is 3.56. The predicted octanol–water partition coefficient (Wildman–Crippen LogP) is 2.63. The Bertz CT molecular complexity index is 362. The molecule has 0 saturated heterocycles. The summed E-state index contributed by atoms with van der Waals surface area (Å²) in [5.41, 5.74) is 6.88. The molecule has 1 amide bonds. The highest BCUT2D eigenvalue weighted by Crippen LogP contribution is 2.04. The molecule has 19 heavy (non-hydrogen) atoms. The van der Waals surface area contributed by atoms with Gasteiger partial charge in [0, 0.05) is 19.3 Å². The van der Waals surface area contributed by atoms with Crippen LogP contribution in [0.3, 0.4) is 0 Å².